The van der Waals surface area contributed by atoms with E-state index in [0.29, 0.717) is 11.7 Å². The SMILES string of the molecule is CC(C)(C)c1ccc(Oc2ccc3cc(C(=O)N(CC(=O)O)Cc4cc(Br)cs4)nc(CC4CCCC4)c3c2)cc1. The topological polar surface area (TPSA) is 79.7 Å². The molecule has 2 aromatic carbocycles. The average Bonchev–Trinajstić information content (AvgIpc) is 3.59. The summed E-state index contributed by atoms with van der Waals surface area (Å²) in [6.07, 6.45) is 5.50. The first kappa shape index (κ1) is 29.3. The summed E-state index contributed by atoms with van der Waals surface area (Å²) in [6.45, 7) is 6.37. The highest BCUT2D eigenvalue weighted by Crippen LogP contribution is 2.34. The number of carbonyl (C=O) groups excluding carboxylic acids is 1. The fourth-order valence-corrected chi connectivity index (χ4v) is 6.89. The number of nitrogens with zero attached hydrogens (tertiary/aromatic N) is 2. The Morgan fingerprint density at radius 3 is 2.39 bits per heavy atom. The molecule has 0 saturated heterocycles. The Bertz CT molecular complexity index is 1550. The van der Waals surface area contributed by atoms with Crippen molar-refractivity contribution in [2.45, 2.75) is 64.8 Å². The Hall–Kier alpha value is -3.23. The van der Waals surface area contributed by atoms with Crippen molar-refractivity contribution in [2.75, 3.05) is 6.54 Å². The fourth-order valence-electron chi connectivity index (χ4n) is 5.42. The van der Waals surface area contributed by atoms with Gasteiger partial charge in [-0.25, -0.2) is 4.98 Å². The van der Waals surface area contributed by atoms with Gasteiger partial charge in [0.15, 0.2) is 0 Å². The second kappa shape index (κ2) is 12.3. The van der Waals surface area contributed by atoms with E-state index in [9.17, 15) is 14.7 Å². The molecule has 41 heavy (non-hydrogen) atoms. The van der Waals surface area contributed by atoms with Crippen LogP contribution in [0, 0.1) is 5.92 Å². The molecular weight excluding hydrogens is 600 g/mol. The maximum Gasteiger partial charge on any atom is 0.323 e. The molecular formula is C33H35BrN2O4S. The summed E-state index contributed by atoms with van der Waals surface area (Å²) in [5.41, 5.74) is 2.44. The maximum atomic E-state index is 13.7. The second-order valence-electron chi connectivity index (χ2n) is 11.9. The van der Waals surface area contributed by atoms with E-state index in [0.717, 1.165) is 50.8 Å². The van der Waals surface area contributed by atoms with Crippen LogP contribution in [-0.4, -0.2) is 33.4 Å². The molecule has 0 bridgehead atoms. The summed E-state index contributed by atoms with van der Waals surface area (Å²) in [5, 5.41) is 13.3. The summed E-state index contributed by atoms with van der Waals surface area (Å²) >= 11 is 4.92. The van der Waals surface area contributed by atoms with E-state index < -0.39 is 12.5 Å². The van der Waals surface area contributed by atoms with Gasteiger partial charge in [-0.3, -0.25) is 9.59 Å². The summed E-state index contributed by atoms with van der Waals surface area (Å²) in [6, 6.07) is 17.7. The molecule has 214 valence electrons. The number of carboxylic acid groups (broad SMARTS) is 1. The van der Waals surface area contributed by atoms with Crippen molar-refractivity contribution >= 4 is 49.9 Å². The van der Waals surface area contributed by atoms with Crippen LogP contribution in [0.2, 0.25) is 0 Å². The normalized spacial score (nSPS) is 14.0. The van der Waals surface area contributed by atoms with Crippen molar-refractivity contribution in [1.29, 1.82) is 0 Å². The Morgan fingerprint density at radius 1 is 1.05 bits per heavy atom. The summed E-state index contributed by atoms with van der Waals surface area (Å²) < 4.78 is 7.14. The summed E-state index contributed by atoms with van der Waals surface area (Å²) in [5.74, 6) is 0.553. The number of hydrogen-bond acceptors (Lipinski definition) is 5. The smallest absolute Gasteiger partial charge is 0.323 e. The summed E-state index contributed by atoms with van der Waals surface area (Å²) in [4.78, 5) is 32.5. The first-order valence-electron chi connectivity index (χ1n) is 14.0. The molecule has 1 amide bonds. The van der Waals surface area contributed by atoms with E-state index in [1.54, 1.807) is 6.07 Å². The number of thiophene rings is 1. The number of amides is 1. The molecule has 4 aromatic rings. The minimum absolute atomic E-state index is 0.0676. The third-order valence-electron chi connectivity index (χ3n) is 7.60. The van der Waals surface area contributed by atoms with Gasteiger partial charge in [-0.2, -0.15) is 0 Å². The van der Waals surface area contributed by atoms with Gasteiger partial charge in [-0.15, -0.1) is 11.3 Å². The van der Waals surface area contributed by atoms with Gasteiger partial charge in [0, 0.05) is 25.8 Å². The number of aliphatic carboxylic acids is 1. The number of fused-ring (bicyclic) bond motifs is 1. The van der Waals surface area contributed by atoms with E-state index in [1.165, 1.54) is 34.6 Å². The van der Waals surface area contributed by atoms with Gasteiger partial charge in [-0.1, -0.05) is 64.7 Å². The molecule has 8 heteroatoms. The van der Waals surface area contributed by atoms with E-state index in [1.807, 2.05) is 41.8 Å². The number of halogens is 1. The van der Waals surface area contributed by atoms with Gasteiger partial charge in [-0.05, 0) is 81.0 Å². The van der Waals surface area contributed by atoms with Gasteiger partial charge in [0.1, 0.15) is 23.7 Å². The van der Waals surface area contributed by atoms with Crippen LogP contribution in [0.1, 0.15) is 73.1 Å². The first-order valence-corrected chi connectivity index (χ1v) is 15.7. The number of aromatic nitrogens is 1. The summed E-state index contributed by atoms with van der Waals surface area (Å²) in [7, 11) is 0. The highest BCUT2D eigenvalue weighted by Gasteiger charge is 2.24. The van der Waals surface area contributed by atoms with Gasteiger partial charge in [0.2, 0.25) is 0 Å². The van der Waals surface area contributed by atoms with Crippen molar-refractivity contribution in [2.24, 2.45) is 5.92 Å². The van der Waals surface area contributed by atoms with Crippen molar-refractivity contribution < 1.29 is 19.4 Å². The highest BCUT2D eigenvalue weighted by molar-refractivity contribution is 9.10. The monoisotopic (exact) mass is 634 g/mol. The Kier molecular flexibility index (Phi) is 8.80. The van der Waals surface area contributed by atoms with Crippen LogP contribution in [-0.2, 0) is 23.2 Å². The number of benzene rings is 2. The number of pyridine rings is 1. The zero-order valence-electron chi connectivity index (χ0n) is 23.7. The average molecular weight is 636 g/mol. The van der Waals surface area contributed by atoms with Gasteiger partial charge in [0.25, 0.3) is 5.91 Å². The van der Waals surface area contributed by atoms with Crippen molar-refractivity contribution in [1.82, 2.24) is 9.88 Å². The lowest BCUT2D eigenvalue weighted by Crippen LogP contribution is -2.35. The van der Waals surface area contributed by atoms with Crippen LogP contribution in [0.4, 0.5) is 0 Å². The predicted octanol–water partition coefficient (Wildman–Crippen LogP) is 8.61. The van der Waals surface area contributed by atoms with Crippen LogP contribution >= 0.6 is 27.3 Å². The lowest BCUT2D eigenvalue weighted by atomic mass is 9.87. The molecule has 1 aliphatic rings. The Labute approximate surface area is 253 Å². The van der Waals surface area contributed by atoms with E-state index in [-0.39, 0.29) is 23.6 Å². The number of carboxylic acids is 1. The standard InChI is InChI=1S/C33H35BrN2O4S/c1-33(2,3)23-9-12-25(13-10-23)40-26-11-8-22-15-30(35-29(28(22)17-26)14-21-6-4-5-7-21)32(39)36(19-31(37)38)18-27-16-24(34)20-41-27/h8-13,15-17,20-21H,4-7,14,18-19H2,1-3H3,(H,37,38). The fraction of sp³-hybridized carbons (Fsp3) is 0.364. The molecule has 1 aliphatic carbocycles. The third kappa shape index (κ3) is 7.35. The number of ether oxygens (including phenoxy) is 1. The molecule has 5 rings (SSSR count). The van der Waals surface area contributed by atoms with Crippen molar-refractivity contribution in [3.05, 3.63) is 86.3 Å². The molecule has 0 radical (unpaired) electrons. The van der Waals surface area contributed by atoms with E-state index in [2.05, 4.69) is 48.8 Å². The van der Waals surface area contributed by atoms with Crippen LogP contribution in [0.3, 0.4) is 0 Å². The maximum absolute atomic E-state index is 13.7. The molecule has 0 aliphatic heterocycles. The Morgan fingerprint density at radius 2 is 1.76 bits per heavy atom. The number of hydrogen-bond donors (Lipinski definition) is 1. The second-order valence-corrected chi connectivity index (χ2v) is 13.8. The van der Waals surface area contributed by atoms with Crippen LogP contribution < -0.4 is 4.74 Å². The molecule has 1 fully saturated rings. The van der Waals surface area contributed by atoms with Gasteiger partial charge < -0.3 is 14.7 Å². The number of carbonyl (C=O) groups is 2. The Balaban J connectivity index is 1.48. The van der Waals surface area contributed by atoms with E-state index in [4.69, 9.17) is 9.72 Å². The molecule has 1 N–H and O–H groups in total. The molecule has 6 nitrogen and oxygen atoms in total. The van der Waals surface area contributed by atoms with Crippen LogP contribution in [0.5, 0.6) is 11.5 Å². The third-order valence-corrected chi connectivity index (χ3v) is 9.28. The predicted molar refractivity (Wildman–Crippen MR) is 167 cm³/mol. The van der Waals surface area contributed by atoms with Crippen molar-refractivity contribution in [3.63, 3.8) is 0 Å². The number of rotatable bonds is 9. The molecule has 0 spiro atoms. The van der Waals surface area contributed by atoms with Crippen molar-refractivity contribution in [3.8, 4) is 11.5 Å². The molecule has 2 heterocycles. The van der Waals surface area contributed by atoms with Crippen LogP contribution in [0.15, 0.2) is 64.5 Å². The molecule has 0 atom stereocenters. The lowest BCUT2D eigenvalue weighted by molar-refractivity contribution is -0.137. The minimum atomic E-state index is -1.06. The lowest BCUT2D eigenvalue weighted by Gasteiger charge is -2.21. The first-order chi connectivity index (χ1) is 19.5. The molecule has 1 saturated carbocycles. The zero-order valence-corrected chi connectivity index (χ0v) is 26.1. The van der Waals surface area contributed by atoms with Gasteiger partial charge >= 0.3 is 5.97 Å². The highest BCUT2D eigenvalue weighted by atomic mass is 79.9. The quantitative estimate of drug-likeness (QED) is 0.199. The molecule has 0 unspecified atom stereocenters. The largest absolute Gasteiger partial charge is 0.480 e. The minimum Gasteiger partial charge on any atom is -0.480 e. The van der Waals surface area contributed by atoms with Crippen LogP contribution in [0.25, 0.3) is 10.8 Å². The molecule has 2 aromatic heterocycles. The van der Waals surface area contributed by atoms with Gasteiger partial charge in [0.05, 0.1) is 6.54 Å². The van der Waals surface area contributed by atoms with E-state index >= 15 is 0 Å². The zero-order chi connectivity index (χ0) is 29.1.